The van der Waals surface area contributed by atoms with Crippen LogP contribution in [0.15, 0.2) is 46.9 Å². The lowest BCUT2D eigenvalue weighted by Gasteiger charge is -2.04. The highest BCUT2D eigenvalue weighted by Crippen LogP contribution is 2.31. The lowest BCUT2D eigenvalue weighted by molar-refractivity contribution is 0.103. The lowest BCUT2D eigenvalue weighted by Crippen LogP contribution is -2.05. The van der Waals surface area contributed by atoms with Gasteiger partial charge in [0.25, 0.3) is 0 Å². The molecule has 0 aliphatic heterocycles. The second kappa shape index (κ2) is 7.69. The van der Waals surface area contributed by atoms with Crippen molar-refractivity contribution in [3.63, 3.8) is 0 Å². The third-order valence-corrected chi connectivity index (χ3v) is 5.41. The fraction of sp³-hybridized carbons (Fsp3) is 0.318. The van der Waals surface area contributed by atoms with Gasteiger partial charge < -0.3 is 4.42 Å². The van der Waals surface area contributed by atoms with E-state index in [0.717, 1.165) is 18.4 Å². The van der Waals surface area contributed by atoms with Crippen LogP contribution in [0, 0.1) is 6.92 Å². The third-order valence-electron chi connectivity index (χ3n) is 4.55. The molecule has 0 bridgehead atoms. The molecular weight excluding hydrogens is 360 g/mol. The highest BCUT2D eigenvalue weighted by Gasteiger charge is 2.22. The highest BCUT2D eigenvalue weighted by atomic mass is 32.2. The fourth-order valence-corrected chi connectivity index (χ4v) is 3.98. The number of sulfone groups is 1. The van der Waals surface area contributed by atoms with Crippen molar-refractivity contribution in [3.05, 3.63) is 70.5 Å². The molecule has 0 aliphatic carbocycles. The highest BCUT2D eigenvalue weighted by molar-refractivity contribution is 7.89. The number of carbonyl (C=O) groups is 1. The van der Waals surface area contributed by atoms with Crippen LogP contribution in [-0.2, 0) is 22.0 Å². The van der Waals surface area contributed by atoms with Gasteiger partial charge in [-0.3, -0.25) is 4.79 Å². The van der Waals surface area contributed by atoms with Crippen molar-refractivity contribution in [1.82, 2.24) is 0 Å². The zero-order chi connectivity index (χ0) is 19.6. The predicted octanol–water partition coefficient (Wildman–Crippen LogP) is 4.86. The molecule has 0 radical (unpaired) electrons. The molecule has 0 amide bonds. The Balaban J connectivity index is 2.14. The number of fused-ring (bicyclic) bond motifs is 1. The van der Waals surface area contributed by atoms with Crippen molar-refractivity contribution in [2.45, 2.75) is 38.9 Å². The van der Waals surface area contributed by atoms with Gasteiger partial charge in [-0.25, -0.2) is 8.42 Å². The average Bonchev–Trinajstić information content (AvgIpc) is 2.96. The molecule has 0 saturated carbocycles. The predicted molar refractivity (Wildman–Crippen MR) is 108 cm³/mol. The Morgan fingerprint density at radius 3 is 2.41 bits per heavy atom. The van der Waals surface area contributed by atoms with Gasteiger partial charge in [0.15, 0.2) is 15.6 Å². The normalized spacial score (nSPS) is 11.8. The van der Waals surface area contributed by atoms with Crippen LogP contribution < -0.4 is 0 Å². The summed E-state index contributed by atoms with van der Waals surface area (Å²) in [7, 11) is -3.16. The summed E-state index contributed by atoms with van der Waals surface area (Å²) in [5.74, 6) is 0.529. The molecule has 2 aromatic carbocycles. The first-order valence-electron chi connectivity index (χ1n) is 9.12. The van der Waals surface area contributed by atoms with Gasteiger partial charge in [-0.15, -0.1) is 0 Å². The smallest absolute Gasteiger partial charge is 0.197 e. The SMILES string of the molecule is CCCCc1oc2ccc(CS(C)(=O)=O)cc2c1C(=O)c1ccc(C)cc1. The molecule has 5 heteroatoms. The minimum absolute atomic E-state index is 0.0590. The molecule has 142 valence electrons. The molecule has 0 atom stereocenters. The number of hydrogen-bond acceptors (Lipinski definition) is 4. The summed E-state index contributed by atoms with van der Waals surface area (Å²) in [6, 6.07) is 12.7. The van der Waals surface area contributed by atoms with Crippen molar-refractivity contribution in [2.24, 2.45) is 0 Å². The number of furan rings is 1. The maximum absolute atomic E-state index is 13.2. The van der Waals surface area contributed by atoms with Gasteiger partial charge in [-0.2, -0.15) is 0 Å². The van der Waals surface area contributed by atoms with Gasteiger partial charge in [0, 0.05) is 23.6 Å². The summed E-state index contributed by atoms with van der Waals surface area (Å²) in [4.78, 5) is 13.2. The van der Waals surface area contributed by atoms with E-state index in [1.165, 1.54) is 6.26 Å². The molecule has 0 N–H and O–H groups in total. The topological polar surface area (TPSA) is 64.3 Å². The fourth-order valence-electron chi connectivity index (χ4n) is 3.20. The van der Waals surface area contributed by atoms with Gasteiger partial charge in [0.05, 0.1) is 11.3 Å². The Morgan fingerprint density at radius 2 is 1.78 bits per heavy atom. The van der Waals surface area contributed by atoms with E-state index >= 15 is 0 Å². The van der Waals surface area contributed by atoms with Gasteiger partial charge >= 0.3 is 0 Å². The lowest BCUT2D eigenvalue weighted by atomic mass is 9.97. The molecule has 4 nitrogen and oxygen atoms in total. The number of carbonyl (C=O) groups excluding carboxylic acids is 1. The van der Waals surface area contributed by atoms with Crippen LogP contribution >= 0.6 is 0 Å². The Bertz CT molecular complexity index is 1070. The van der Waals surface area contributed by atoms with Crippen LogP contribution in [0.25, 0.3) is 11.0 Å². The van der Waals surface area contributed by atoms with E-state index in [9.17, 15) is 13.2 Å². The van der Waals surface area contributed by atoms with E-state index in [4.69, 9.17) is 4.42 Å². The molecular formula is C22H24O4S. The van der Waals surface area contributed by atoms with E-state index in [1.54, 1.807) is 18.2 Å². The number of benzene rings is 2. The van der Waals surface area contributed by atoms with Gasteiger partial charge in [0.1, 0.15) is 11.3 Å². The Morgan fingerprint density at radius 1 is 1.07 bits per heavy atom. The quantitative estimate of drug-likeness (QED) is 0.546. The molecule has 1 aromatic heterocycles. The third kappa shape index (κ3) is 4.48. The van der Waals surface area contributed by atoms with Crippen LogP contribution in [0.2, 0.25) is 0 Å². The van der Waals surface area contributed by atoms with Crippen LogP contribution in [0.4, 0.5) is 0 Å². The first-order valence-corrected chi connectivity index (χ1v) is 11.2. The van der Waals surface area contributed by atoms with Crippen molar-refractivity contribution >= 4 is 26.6 Å². The first kappa shape index (κ1) is 19.4. The summed E-state index contributed by atoms with van der Waals surface area (Å²) >= 11 is 0. The molecule has 27 heavy (non-hydrogen) atoms. The average molecular weight is 384 g/mol. The first-order chi connectivity index (χ1) is 12.8. The summed E-state index contributed by atoms with van der Waals surface area (Å²) in [5, 5.41) is 0.688. The number of ketones is 1. The zero-order valence-corrected chi connectivity index (χ0v) is 16.7. The van der Waals surface area contributed by atoms with E-state index in [-0.39, 0.29) is 11.5 Å². The summed E-state index contributed by atoms with van der Waals surface area (Å²) in [5.41, 5.74) is 3.53. The van der Waals surface area contributed by atoms with Crippen LogP contribution in [0.1, 0.15) is 52.6 Å². The molecule has 0 spiro atoms. The maximum Gasteiger partial charge on any atom is 0.197 e. The minimum Gasteiger partial charge on any atom is -0.460 e. The van der Waals surface area contributed by atoms with Gasteiger partial charge in [-0.1, -0.05) is 49.2 Å². The molecule has 1 heterocycles. The molecule has 0 unspecified atom stereocenters. The molecule has 3 rings (SSSR count). The molecule has 0 aliphatic rings. The van der Waals surface area contributed by atoms with E-state index in [2.05, 4.69) is 6.92 Å². The Labute approximate surface area is 160 Å². The summed E-state index contributed by atoms with van der Waals surface area (Å²) in [6.45, 7) is 4.07. The second-order valence-corrected chi connectivity index (χ2v) is 9.24. The summed E-state index contributed by atoms with van der Waals surface area (Å²) in [6.07, 6.45) is 3.80. The number of rotatable bonds is 7. The van der Waals surface area contributed by atoms with Gasteiger partial charge in [-0.05, 0) is 31.0 Å². The summed E-state index contributed by atoms with van der Waals surface area (Å²) < 4.78 is 29.3. The van der Waals surface area contributed by atoms with Crippen LogP contribution in [-0.4, -0.2) is 20.5 Å². The molecule has 0 fully saturated rings. The Hall–Kier alpha value is -2.40. The van der Waals surface area contributed by atoms with Crippen molar-refractivity contribution in [1.29, 1.82) is 0 Å². The van der Waals surface area contributed by atoms with Crippen molar-refractivity contribution in [3.8, 4) is 0 Å². The van der Waals surface area contributed by atoms with Crippen LogP contribution in [0.5, 0.6) is 0 Å². The van der Waals surface area contributed by atoms with E-state index < -0.39 is 9.84 Å². The largest absolute Gasteiger partial charge is 0.460 e. The van der Waals surface area contributed by atoms with Crippen LogP contribution in [0.3, 0.4) is 0 Å². The number of unbranched alkanes of at least 4 members (excludes halogenated alkanes) is 1. The molecule has 3 aromatic rings. The van der Waals surface area contributed by atoms with Crippen molar-refractivity contribution in [2.75, 3.05) is 6.26 Å². The standard InChI is InChI=1S/C22H24O4S/c1-4-5-6-20-21(22(23)17-10-7-15(2)8-11-17)18-13-16(14-27(3,24)25)9-12-19(18)26-20/h7-13H,4-6,14H2,1-3H3. The number of hydrogen-bond donors (Lipinski definition) is 0. The maximum atomic E-state index is 13.2. The monoisotopic (exact) mass is 384 g/mol. The van der Waals surface area contributed by atoms with Gasteiger partial charge in [0.2, 0.25) is 0 Å². The Kier molecular flexibility index (Phi) is 5.51. The molecule has 0 saturated heterocycles. The van der Waals surface area contributed by atoms with E-state index in [1.807, 2.05) is 31.2 Å². The second-order valence-electron chi connectivity index (χ2n) is 7.10. The zero-order valence-electron chi connectivity index (χ0n) is 15.9. The number of aryl methyl sites for hydroxylation is 2. The van der Waals surface area contributed by atoms with Crippen molar-refractivity contribution < 1.29 is 17.6 Å². The van der Waals surface area contributed by atoms with E-state index in [0.29, 0.717) is 39.8 Å². The minimum atomic E-state index is -3.16.